The van der Waals surface area contributed by atoms with E-state index in [1.54, 1.807) is 23.5 Å². The number of nitrogens with one attached hydrogen (secondary N) is 1. The molecule has 2 rings (SSSR count). The highest BCUT2D eigenvalue weighted by Gasteiger charge is 2.10. The average molecular weight is 292 g/mol. The summed E-state index contributed by atoms with van der Waals surface area (Å²) >= 11 is 1.66. The van der Waals surface area contributed by atoms with Crippen LogP contribution >= 0.6 is 11.3 Å². The minimum absolute atomic E-state index is 0.0304. The molecule has 106 valence electrons. The molecule has 0 aliphatic heterocycles. The van der Waals surface area contributed by atoms with E-state index in [4.69, 9.17) is 0 Å². The van der Waals surface area contributed by atoms with Crippen LogP contribution in [0.25, 0.3) is 0 Å². The molecule has 0 aliphatic rings. The van der Waals surface area contributed by atoms with Crippen molar-refractivity contribution in [3.05, 3.63) is 61.8 Å². The van der Waals surface area contributed by atoms with E-state index in [0.29, 0.717) is 18.7 Å². The summed E-state index contributed by atoms with van der Waals surface area (Å²) in [7, 11) is 0. The predicted molar refractivity (Wildman–Crippen MR) is 78.8 cm³/mol. The fourth-order valence-corrected chi connectivity index (χ4v) is 2.70. The number of aliphatic hydroxyl groups excluding tert-OH is 1. The number of rotatable bonds is 6. The second-order valence-electron chi connectivity index (χ2n) is 4.58. The third-order valence-electron chi connectivity index (χ3n) is 3.10. The van der Waals surface area contributed by atoms with Crippen LogP contribution in [-0.4, -0.2) is 16.6 Å². The summed E-state index contributed by atoms with van der Waals surface area (Å²) in [5.74, 6) is 0. The molecular weight excluding hydrogens is 276 g/mol. The van der Waals surface area contributed by atoms with Crippen molar-refractivity contribution in [3.8, 4) is 0 Å². The number of hydrogen-bond acceptors (Lipinski definition) is 5. The summed E-state index contributed by atoms with van der Waals surface area (Å²) in [4.78, 5) is 10.1. The van der Waals surface area contributed by atoms with Crippen LogP contribution in [0.2, 0.25) is 0 Å². The predicted octanol–water partition coefficient (Wildman–Crippen LogP) is 2.79. The molecule has 6 heteroatoms. The summed E-state index contributed by atoms with van der Waals surface area (Å²) in [6, 6.07) is 5.98. The smallest absolute Gasteiger partial charge is 0.269 e. The van der Waals surface area contributed by atoms with E-state index in [0.717, 1.165) is 0 Å². The molecule has 0 amide bonds. The van der Waals surface area contributed by atoms with Crippen molar-refractivity contribution in [3.63, 3.8) is 0 Å². The Kier molecular flexibility index (Phi) is 4.84. The topological polar surface area (TPSA) is 75.4 Å². The number of aryl methyl sites for hydroxylation is 1. The Hall–Kier alpha value is -1.76. The second kappa shape index (κ2) is 6.60. The molecule has 0 radical (unpaired) electrons. The van der Waals surface area contributed by atoms with E-state index in [9.17, 15) is 15.2 Å². The van der Waals surface area contributed by atoms with E-state index < -0.39 is 11.0 Å². The van der Waals surface area contributed by atoms with Gasteiger partial charge < -0.3 is 10.4 Å². The minimum Gasteiger partial charge on any atom is -0.387 e. The van der Waals surface area contributed by atoms with Gasteiger partial charge in [0.25, 0.3) is 5.69 Å². The number of aliphatic hydroxyl groups is 1. The van der Waals surface area contributed by atoms with Gasteiger partial charge in [-0.2, -0.15) is 11.3 Å². The van der Waals surface area contributed by atoms with Crippen molar-refractivity contribution in [1.82, 2.24) is 5.32 Å². The van der Waals surface area contributed by atoms with E-state index in [1.807, 2.05) is 0 Å². The molecule has 1 unspecified atom stereocenters. The number of nitro benzene ring substituents is 1. The van der Waals surface area contributed by atoms with Gasteiger partial charge in [-0.05, 0) is 46.5 Å². The maximum Gasteiger partial charge on any atom is 0.269 e. The lowest BCUT2D eigenvalue weighted by molar-refractivity contribution is -0.384. The first-order chi connectivity index (χ1) is 9.58. The van der Waals surface area contributed by atoms with Gasteiger partial charge in [0.2, 0.25) is 0 Å². The Bertz CT molecular complexity index is 580. The van der Waals surface area contributed by atoms with E-state index >= 15 is 0 Å². The first kappa shape index (κ1) is 14.6. The fraction of sp³-hybridized carbons (Fsp3) is 0.286. The van der Waals surface area contributed by atoms with Crippen LogP contribution in [0, 0.1) is 17.0 Å². The largest absolute Gasteiger partial charge is 0.387 e. The molecule has 1 aromatic heterocycles. The van der Waals surface area contributed by atoms with Crippen molar-refractivity contribution in [2.75, 3.05) is 6.54 Å². The number of nitro groups is 1. The van der Waals surface area contributed by atoms with Crippen LogP contribution in [0.3, 0.4) is 0 Å². The van der Waals surface area contributed by atoms with Crippen molar-refractivity contribution in [1.29, 1.82) is 0 Å². The quantitative estimate of drug-likeness (QED) is 0.634. The highest BCUT2D eigenvalue weighted by molar-refractivity contribution is 7.08. The van der Waals surface area contributed by atoms with Gasteiger partial charge in [-0.1, -0.05) is 0 Å². The average Bonchev–Trinajstić information content (AvgIpc) is 2.84. The van der Waals surface area contributed by atoms with Crippen molar-refractivity contribution in [2.24, 2.45) is 0 Å². The monoisotopic (exact) mass is 292 g/mol. The van der Waals surface area contributed by atoms with E-state index in [-0.39, 0.29) is 5.69 Å². The molecule has 0 saturated carbocycles. The number of thiophene rings is 1. The van der Waals surface area contributed by atoms with Gasteiger partial charge in [-0.3, -0.25) is 10.1 Å². The lowest BCUT2D eigenvalue weighted by atomic mass is 10.1. The Labute approximate surface area is 121 Å². The zero-order chi connectivity index (χ0) is 14.5. The Morgan fingerprint density at radius 1 is 1.35 bits per heavy atom. The van der Waals surface area contributed by atoms with Crippen LogP contribution in [0.15, 0.2) is 35.0 Å². The SMILES string of the molecule is Cc1cscc1CNCC(O)c1ccc([N+](=O)[O-])cc1. The summed E-state index contributed by atoms with van der Waals surface area (Å²) in [5, 5.41) is 27.9. The van der Waals surface area contributed by atoms with Crippen molar-refractivity contribution in [2.45, 2.75) is 19.6 Å². The maximum atomic E-state index is 10.5. The summed E-state index contributed by atoms with van der Waals surface area (Å²) < 4.78 is 0. The van der Waals surface area contributed by atoms with Gasteiger partial charge >= 0.3 is 0 Å². The molecule has 5 nitrogen and oxygen atoms in total. The van der Waals surface area contributed by atoms with E-state index in [2.05, 4.69) is 23.0 Å². The molecule has 0 saturated heterocycles. The van der Waals surface area contributed by atoms with Gasteiger partial charge in [0.1, 0.15) is 0 Å². The first-order valence-electron chi connectivity index (χ1n) is 6.22. The normalized spacial score (nSPS) is 12.3. The minimum atomic E-state index is -0.672. The van der Waals surface area contributed by atoms with Crippen LogP contribution < -0.4 is 5.32 Å². The van der Waals surface area contributed by atoms with E-state index in [1.165, 1.54) is 23.3 Å². The highest BCUT2D eigenvalue weighted by atomic mass is 32.1. The molecule has 0 bridgehead atoms. The van der Waals surface area contributed by atoms with Gasteiger partial charge in [0.05, 0.1) is 11.0 Å². The van der Waals surface area contributed by atoms with Crippen LogP contribution in [0.1, 0.15) is 22.8 Å². The summed E-state index contributed by atoms with van der Waals surface area (Å²) in [6.45, 7) is 3.17. The van der Waals surface area contributed by atoms with Crippen LogP contribution in [-0.2, 0) is 6.54 Å². The highest BCUT2D eigenvalue weighted by Crippen LogP contribution is 2.18. The Morgan fingerprint density at radius 2 is 2.05 bits per heavy atom. The maximum absolute atomic E-state index is 10.5. The number of nitrogens with zero attached hydrogens (tertiary/aromatic N) is 1. The molecule has 2 aromatic rings. The molecule has 0 spiro atoms. The molecular formula is C14H16N2O3S. The number of hydrogen-bond donors (Lipinski definition) is 2. The standard InChI is InChI=1S/C14H16N2O3S/c1-10-8-20-9-12(10)6-15-7-14(17)11-2-4-13(5-3-11)16(18)19/h2-5,8-9,14-15,17H,6-7H2,1H3. The van der Waals surface area contributed by atoms with Crippen LogP contribution in [0.4, 0.5) is 5.69 Å². The van der Waals surface area contributed by atoms with Gasteiger partial charge in [-0.15, -0.1) is 0 Å². The lowest BCUT2D eigenvalue weighted by Gasteiger charge is -2.12. The number of benzene rings is 1. The molecule has 1 heterocycles. The molecule has 1 atom stereocenters. The molecule has 0 aliphatic carbocycles. The Morgan fingerprint density at radius 3 is 2.60 bits per heavy atom. The lowest BCUT2D eigenvalue weighted by Crippen LogP contribution is -2.21. The third-order valence-corrected chi connectivity index (χ3v) is 4.01. The Balaban J connectivity index is 1.87. The third kappa shape index (κ3) is 3.63. The second-order valence-corrected chi connectivity index (χ2v) is 5.32. The summed E-state index contributed by atoms with van der Waals surface area (Å²) in [6.07, 6.45) is -0.672. The molecule has 0 fully saturated rings. The van der Waals surface area contributed by atoms with Crippen molar-refractivity contribution >= 4 is 17.0 Å². The first-order valence-corrected chi connectivity index (χ1v) is 7.17. The van der Waals surface area contributed by atoms with Gasteiger partial charge in [0, 0.05) is 25.2 Å². The molecule has 20 heavy (non-hydrogen) atoms. The molecule has 2 N–H and O–H groups in total. The zero-order valence-electron chi connectivity index (χ0n) is 11.1. The zero-order valence-corrected chi connectivity index (χ0v) is 11.9. The summed E-state index contributed by atoms with van der Waals surface area (Å²) in [5.41, 5.74) is 3.17. The van der Waals surface area contributed by atoms with Gasteiger partial charge in [-0.25, -0.2) is 0 Å². The molecule has 1 aromatic carbocycles. The number of non-ortho nitro benzene ring substituents is 1. The van der Waals surface area contributed by atoms with Crippen LogP contribution in [0.5, 0.6) is 0 Å². The fourth-order valence-electron chi connectivity index (χ4n) is 1.85. The van der Waals surface area contributed by atoms with Gasteiger partial charge in [0.15, 0.2) is 0 Å². The van der Waals surface area contributed by atoms with Crippen molar-refractivity contribution < 1.29 is 10.0 Å².